The maximum Gasteiger partial charge on any atom is 0.341 e. The van der Waals surface area contributed by atoms with E-state index in [2.05, 4.69) is 0 Å². The van der Waals surface area contributed by atoms with Crippen LogP contribution < -0.4 is 4.90 Å². The summed E-state index contributed by atoms with van der Waals surface area (Å²) in [5.41, 5.74) is -0.412. The molecule has 0 spiro atoms. The first-order chi connectivity index (χ1) is 17.9. The average Bonchev–Trinajstić information content (AvgIpc) is 3.57. The smallest absolute Gasteiger partial charge is 0.341 e. The van der Waals surface area contributed by atoms with Crippen molar-refractivity contribution in [1.82, 2.24) is 0 Å². The quantitative estimate of drug-likeness (QED) is 0.475. The number of ether oxygens (including phenoxy) is 4. The van der Waals surface area contributed by atoms with Crippen LogP contribution in [0.1, 0.15) is 29.9 Å². The summed E-state index contributed by atoms with van der Waals surface area (Å²) in [4.78, 5) is 55.1. The van der Waals surface area contributed by atoms with Crippen LogP contribution in [0.25, 0.3) is 10.8 Å². The first kappa shape index (κ1) is 24.7. The van der Waals surface area contributed by atoms with Crippen LogP contribution >= 0.6 is 0 Å². The van der Waals surface area contributed by atoms with Crippen molar-refractivity contribution in [3.05, 3.63) is 69.8 Å². The second-order valence-electron chi connectivity index (χ2n) is 9.31. The molecule has 2 aliphatic carbocycles. The lowest BCUT2D eigenvalue weighted by atomic mass is 9.63. The third-order valence-corrected chi connectivity index (χ3v) is 7.90. The fourth-order valence-corrected chi connectivity index (χ4v) is 6.66. The van der Waals surface area contributed by atoms with E-state index >= 15 is 0 Å². The molecular formula is C28H28NO8+. The van der Waals surface area contributed by atoms with Gasteiger partial charge in [-0.1, -0.05) is 36.4 Å². The highest BCUT2D eigenvalue weighted by molar-refractivity contribution is 6.19. The normalized spacial score (nSPS) is 22.6. The van der Waals surface area contributed by atoms with Crippen LogP contribution in [0.4, 0.5) is 0 Å². The van der Waals surface area contributed by atoms with Crippen molar-refractivity contribution in [1.29, 1.82) is 0 Å². The Hall–Kier alpha value is -3.98. The second-order valence-corrected chi connectivity index (χ2v) is 9.31. The zero-order valence-corrected chi connectivity index (χ0v) is 21.1. The Morgan fingerprint density at radius 3 is 1.92 bits per heavy atom. The van der Waals surface area contributed by atoms with Gasteiger partial charge in [0.1, 0.15) is 5.57 Å². The van der Waals surface area contributed by atoms with Crippen LogP contribution in [-0.4, -0.2) is 65.4 Å². The molecule has 9 heteroatoms. The summed E-state index contributed by atoms with van der Waals surface area (Å²) in [5, 5.41) is 1.78. The molecule has 37 heavy (non-hydrogen) atoms. The summed E-state index contributed by atoms with van der Waals surface area (Å²) in [6, 6.07) is 11.5. The molecule has 1 saturated heterocycles. The van der Waals surface area contributed by atoms with E-state index in [-0.39, 0.29) is 22.3 Å². The zero-order chi connectivity index (χ0) is 26.5. The van der Waals surface area contributed by atoms with Crippen molar-refractivity contribution in [2.45, 2.75) is 24.3 Å². The Bertz CT molecular complexity index is 1410. The monoisotopic (exact) mass is 506 g/mol. The van der Waals surface area contributed by atoms with Gasteiger partial charge in [0.15, 0.2) is 5.54 Å². The molecule has 3 aliphatic rings. The summed E-state index contributed by atoms with van der Waals surface area (Å²) in [6.07, 6.45) is 1.78. The number of hydrogen-bond acceptors (Lipinski definition) is 8. The predicted molar refractivity (Wildman–Crippen MR) is 130 cm³/mol. The maximum atomic E-state index is 13.8. The fourth-order valence-electron chi connectivity index (χ4n) is 6.66. The van der Waals surface area contributed by atoms with Crippen LogP contribution in [0, 0.1) is 0 Å². The third-order valence-electron chi connectivity index (χ3n) is 7.90. The number of carbonyl (C=O) groups excluding carboxylic acids is 4. The molecule has 2 aromatic rings. The Balaban J connectivity index is 2.07. The van der Waals surface area contributed by atoms with E-state index in [1.807, 2.05) is 36.4 Å². The highest BCUT2D eigenvalue weighted by atomic mass is 16.5. The molecule has 9 nitrogen and oxygen atoms in total. The van der Waals surface area contributed by atoms with E-state index in [1.54, 1.807) is 0 Å². The van der Waals surface area contributed by atoms with Crippen LogP contribution in [0.2, 0.25) is 0 Å². The van der Waals surface area contributed by atoms with Crippen molar-refractivity contribution in [3.8, 4) is 0 Å². The van der Waals surface area contributed by atoms with Crippen LogP contribution in [0.3, 0.4) is 0 Å². The zero-order valence-electron chi connectivity index (χ0n) is 21.1. The van der Waals surface area contributed by atoms with Crippen molar-refractivity contribution in [3.63, 3.8) is 0 Å². The van der Waals surface area contributed by atoms with Crippen molar-refractivity contribution in [2.75, 3.05) is 41.5 Å². The Kier molecular flexibility index (Phi) is 6.11. The Morgan fingerprint density at radius 2 is 1.32 bits per heavy atom. The Morgan fingerprint density at radius 1 is 0.757 bits per heavy atom. The predicted octanol–water partition coefficient (Wildman–Crippen LogP) is 1.11. The molecule has 1 aliphatic heterocycles. The second kappa shape index (κ2) is 9.15. The summed E-state index contributed by atoms with van der Waals surface area (Å²) in [6.45, 7) is 1.36. The lowest BCUT2D eigenvalue weighted by Gasteiger charge is -2.45. The topological polar surface area (TPSA) is 110 Å². The van der Waals surface area contributed by atoms with E-state index in [9.17, 15) is 19.2 Å². The van der Waals surface area contributed by atoms with E-state index in [0.29, 0.717) is 13.1 Å². The lowest BCUT2D eigenvalue weighted by molar-refractivity contribution is -0.944. The number of benzene rings is 2. The van der Waals surface area contributed by atoms with Gasteiger partial charge in [-0.15, -0.1) is 0 Å². The van der Waals surface area contributed by atoms with Gasteiger partial charge < -0.3 is 23.8 Å². The molecular weight excluding hydrogens is 478 g/mol. The number of nitrogens with one attached hydrogen (secondary N) is 1. The number of quaternary nitrogens is 1. The first-order valence-corrected chi connectivity index (χ1v) is 12.1. The third kappa shape index (κ3) is 3.20. The molecule has 0 bridgehead atoms. The number of hydrogen-bond donors (Lipinski definition) is 1. The molecule has 2 atom stereocenters. The van der Waals surface area contributed by atoms with Gasteiger partial charge in [-0.25, -0.2) is 19.2 Å². The summed E-state index contributed by atoms with van der Waals surface area (Å²) in [5.74, 6) is -4.27. The number of methoxy groups -OCH3 is 4. The minimum Gasteiger partial charge on any atom is -0.466 e. The number of rotatable bonds is 5. The largest absolute Gasteiger partial charge is 0.466 e. The van der Waals surface area contributed by atoms with Gasteiger partial charge >= 0.3 is 23.9 Å². The average molecular weight is 507 g/mol. The summed E-state index contributed by atoms with van der Waals surface area (Å²) in [7, 11) is 4.75. The molecule has 0 saturated carbocycles. The number of fused-ring (bicyclic) bond motifs is 3. The van der Waals surface area contributed by atoms with E-state index in [4.69, 9.17) is 18.9 Å². The number of likely N-dealkylation sites (tertiary alicyclic amines) is 1. The van der Waals surface area contributed by atoms with Crippen molar-refractivity contribution in [2.24, 2.45) is 0 Å². The number of esters is 4. The maximum absolute atomic E-state index is 13.8. The van der Waals surface area contributed by atoms with Crippen molar-refractivity contribution >= 4 is 34.6 Å². The standard InChI is InChI=1S/C28H27NO8/c1-34-24(30)19-20(25(31)35-2)22-16-11-7-9-15-10-8-12-17(18(15)16)28(22,29-13-5-6-14-29)23(27(33)37-4)21(19)26(32)36-3/h7-12,22H,5-6,13-14H2,1-4H3/p+1/t22-,28+/m0/s1. The van der Waals surface area contributed by atoms with Crippen LogP contribution in [0.5, 0.6) is 0 Å². The highest BCUT2D eigenvalue weighted by Gasteiger charge is 2.67. The molecule has 0 aromatic heterocycles. The van der Waals surface area contributed by atoms with Gasteiger partial charge in [-0.2, -0.15) is 0 Å². The molecule has 0 unspecified atom stereocenters. The van der Waals surface area contributed by atoms with Crippen LogP contribution in [0.15, 0.2) is 58.7 Å². The molecule has 1 N–H and O–H groups in total. The summed E-state index contributed by atoms with van der Waals surface area (Å²) >= 11 is 0. The molecule has 5 rings (SSSR count). The number of carbonyl (C=O) groups is 4. The fraction of sp³-hybridized carbons (Fsp3) is 0.357. The minimum atomic E-state index is -1.24. The minimum absolute atomic E-state index is 0.0134. The molecule has 1 heterocycles. The van der Waals surface area contributed by atoms with Gasteiger partial charge in [0.25, 0.3) is 0 Å². The van der Waals surface area contributed by atoms with Gasteiger partial charge in [0.05, 0.1) is 64.2 Å². The van der Waals surface area contributed by atoms with Crippen molar-refractivity contribution < 1.29 is 43.0 Å². The Labute approximate surface area is 213 Å². The van der Waals surface area contributed by atoms with Gasteiger partial charge in [-0.3, -0.25) is 0 Å². The van der Waals surface area contributed by atoms with Gasteiger partial charge in [0.2, 0.25) is 0 Å². The molecule has 192 valence electrons. The molecule has 0 radical (unpaired) electrons. The highest BCUT2D eigenvalue weighted by Crippen LogP contribution is 2.59. The summed E-state index contributed by atoms with van der Waals surface area (Å²) < 4.78 is 20.6. The van der Waals surface area contributed by atoms with Gasteiger partial charge in [0, 0.05) is 18.4 Å². The lowest BCUT2D eigenvalue weighted by Crippen LogP contribution is -3.18. The van der Waals surface area contributed by atoms with E-state index < -0.39 is 35.3 Å². The van der Waals surface area contributed by atoms with Crippen LogP contribution in [-0.2, 0) is 43.7 Å². The van der Waals surface area contributed by atoms with Gasteiger partial charge in [-0.05, 0) is 16.3 Å². The molecule has 2 aromatic carbocycles. The van der Waals surface area contributed by atoms with E-state index in [0.717, 1.165) is 53.9 Å². The first-order valence-electron chi connectivity index (χ1n) is 12.1. The SMILES string of the molecule is COC(=O)C1=C(C(=O)OC)[C@@H]2c3cccc4cccc(c34)[C@]2([NH+]2CCCC2)C(C(=O)OC)=C1C(=O)OC. The molecule has 0 amide bonds. The molecule has 1 fully saturated rings. The van der Waals surface area contributed by atoms with E-state index in [1.165, 1.54) is 14.2 Å².